The number of rotatable bonds is 2. The average Bonchev–Trinajstić information content (AvgIpc) is 3.27. The van der Waals surface area contributed by atoms with Crippen molar-refractivity contribution in [2.75, 3.05) is 27.0 Å². The number of piperidine rings is 1. The molecule has 7 heteroatoms. The quantitative estimate of drug-likeness (QED) is 0.593. The summed E-state index contributed by atoms with van der Waals surface area (Å²) in [4.78, 5) is 2.49. The van der Waals surface area contributed by atoms with Crippen LogP contribution in [0.4, 0.5) is 0 Å². The molecule has 0 radical (unpaired) electrons. The van der Waals surface area contributed by atoms with Crippen LogP contribution in [-0.2, 0) is 14.2 Å². The fourth-order valence-corrected chi connectivity index (χ4v) is 10.9. The number of nitrogens with zero attached hydrogens (tertiary/aromatic N) is 1. The third-order valence-electron chi connectivity index (χ3n) is 11.3. The predicted octanol–water partition coefficient (Wildman–Crippen LogP) is 0.356. The highest BCUT2D eigenvalue weighted by molar-refractivity contribution is 5.42. The third-order valence-corrected chi connectivity index (χ3v) is 11.3. The third kappa shape index (κ3) is 1.56. The second-order valence-corrected chi connectivity index (χ2v) is 11.7. The summed E-state index contributed by atoms with van der Waals surface area (Å²) in [5.41, 5.74) is -2.24. The summed E-state index contributed by atoms with van der Waals surface area (Å²) in [6, 6.07) is -0.0938. The maximum Gasteiger partial charge on any atom is 0.148 e. The van der Waals surface area contributed by atoms with E-state index in [4.69, 9.17) is 14.2 Å². The van der Waals surface area contributed by atoms with Gasteiger partial charge in [0, 0.05) is 43.2 Å². The number of aliphatic hydroxyl groups excluding tert-OH is 3. The molecule has 168 valence electrons. The Morgan fingerprint density at radius 1 is 1.20 bits per heavy atom. The van der Waals surface area contributed by atoms with E-state index in [-0.39, 0.29) is 48.0 Å². The van der Waals surface area contributed by atoms with Gasteiger partial charge in [0.2, 0.25) is 0 Å². The summed E-state index contributed by atoms with van der Waals surface area (Å²) in [6.45, 7) is 6.40. The lowest BCUT2D eigenvalue weighted by Gasteiger charge is -2.69. The van der Waals surface area contributed by atoms with Crippen molar-refractivity contribution in [2.45, 2.75) is 81.2 Å². The molecule has 7 rings (SSSR count). The first-order valence-electron chi connectivity index (χ1n) is 11.9. The topological polar surface area (TPSA) is 91.6 Å². The van der Waals surface area contributed by atoms with Gasteiger partial charge in [0.1, 0.15) is 18.0 Å². The van der Waals surface area contributed by atoms with Gasteiger partial charge in [0.05, 0.1) is 30.5 Å². The Hall–Kier alpha value is -0.280. The zero-order valence-electron chi connectivity index (χ0n) is 18.2. The summed E-state index contributed by atoms with van der Waals surface area (Å²) in [5.74, 6) is -0.00805. The van der Waals surface area contributed by atoms with Crippen molar-refractivity contribution in [1.82, 2.24) is 4.90 Å². The van der Waals surface area contributed by atoms with Gasteiger partial charge in [-0.3, -0.25) is 4.90 Å². The molecule has 7 bridgehead atoms. The van der Waals surface area contributed by atoms with Gasteiger partial charge in [-0.15, -0.1) is 0 Å². The van der Waals surface area contributed by atoms with E-state index >= 15 is 0 Å². The van der Waals surface area contributed by atoms with Crippen LogP contribution >= 0.6 is 0 Å². The van der Waals surface area contributed by atoms with Gasteiger partial charge in [-0.25, -0.2) is 0 Å². The van der Waals surface area contributed by atoms with E-state index in [2.05, 4.69) is 18.7 Å². The van der Waals surface area contributed by atoms with Crippen LogP contribution in [0.1, 0.15) is 39.5 Å². The molecule has 5 aliphatic carbocycles. The number of hydrogen-bond donors (Lipinski definition) is 3. The van der Waals surface area contributed by atoms with Crippen molar-refractivity contribution >= 4 is 0 Å². The highest BCUT2D eigenvalue weighted by Gasteiger charge is 2.92. The number of fused-ring (bicyclic) bond motifs is 1. The first kappa shape index (κ1) is 19.2. The normalized spacial score (nSPS) is 67.6. The van der Waals surface area contributed by atoms with E-state index in [9.17, 15) is 15.3 Å². The van der Waals surface area contributed by atoms with E-state index in [0.29, 0.717) is 6.42 Å². The molecule has 5 saturated carbocycles. The van der Waals surface area contributed by atoms with E-state index in [0.717, 1.165) is 32.4 Å². The van der Waals surface area contributed by atoms with Crippen LogP contribution in [-0.4, -0.2) is 88.9 Å². The van der Waals surface area contributed by atoms with E-state index < -0.39 is 34.9 Å². The van der Waals surface area contributed by atoms with Gasteiger partial charge in [-0.1, -0.05) is 13.8 Å². The molecule has 0 amide bonds. The molecule has 0 aromatic carbocycles. The lowest BCUT2D eigenvalue weighted by molar-refractivity contribution is -0.278. The summed E-state index contributed by atoms with van der Waals surface area (Å²) in [7, 11) is 1.72. The van der Waals surface area contributed by atoms with Crippen molar-refractivity contribution in [3.05, 3.63) is 0 Å². The van der Waals surface area contributed by atoms with Crippen molar-refractivity contribution in [1.29, 1.82) is 0 Å². The second kappa shape index (κ2) is 5.44. The monoisotopic (exact) mass is 421 g/mol. The van der Waals surface area contributed by atoms with Crippen LogP contribution in [0.25, 0.3) is 0 Å². The fourth-order valence-electron chi connectivity index (χ4n) is 10.9. The number of hydrogen-bond acceptors (Lipinski definition) is 7. The van der Waals surface area contributed by atoms with Crippen molar-refractivity contribution in [3.63, 3.8) is 0 Å². The maximum absolute atomic E-state index is 12.2. The number of ether oxygens (including phenoxy) is 3. The van der Waals surface area contributed by atoms with Crippen LogP contribution in [0.15, 0.2) is 0 Å². The van der Waals surface area contributed by atoms with Gasteiger partial charge in [-0.05, 0) is 37.1 Å². The standard InChI is InChI=1S/C23H35NO6/c1-4-24-9-20(2)6-5-14(25)22-12-7-11-13(28-3)8-21(15(12)16(11)26)23(19(22)24,30-10-29-21)18(27)17(20)22/h11-19,25-27H,4-10H2,1-3H3/t11-,12-,13+,14+,15-,16+,17-,18+,19?,20+,21-,22+,23-/m1/s1. The van der Waals surface area contributed by atoms with Crippen LogP contribution in [0.2, 0.25) is 0 Å². The molecule has 0 aromatic rings. The van der Waals surface area contributed by atoms with E-state index in [1.165, 1.54) is 0 Å². The molecule has 1 unspecified atom stereocenters. The number of aliphatic hydroxyl groups is 3. The largest absolute Gasteiger partial charge is 0.392 e. The zero-order chi connectivity index (χ0) is 20.8. The van der Waals surface area contributed by atoms with Gasteiger partial charge in [0.15, 0.2) is 0 Å². The van der Waals surface area contributed by atoms with Gasteiger partial charge < -0.3 is 29.5 Å². The summed E-state index contributed by atoms with van der Waals surface area (Å²) in [6.07, 6.45) is 1.27. The zero-order valence-corrected chi connectivity index (χ0v) is 18.2. The lowest BCUT2D eigenvalue weighted by atomic mass is 9.43. The molecule has 2 saturated heterocycles. The SMILES string of the molecule is CCN1C[C@]2(C)CC[C@H](O)[C@@]34C1[C@]1(OCO[C@@]15C[C@H](OC)[C@H]1C[C@@H]3[C@@H]5[C@H]1O)[C@@H](O)[C@H]24. The predicted molar refractivity (Wildman–Crippen MR) is 105 cm³/mol. The second-order valence-electron chi connectivity index (χ2n) is 11.7. The molecule has 13 atom stereocenters. The molecule has 7 aliphatic rings. The molecule has 7 fully saturated rings. The van der Waals surface area contributed by atoms with Gasteiger partial charge in [0.25, 0.3) is 0 Å². The first-order valence-corrected chi connectivity index (χ1v) is 11.9. The highest BCUT2D eigenvalue weighted by Crippen LogP contribution is 2.81. The minimum absolute atomic E-state index is 0.0392. The smallest absolute Gasteiger partial charge is 0.148 e. The van der Waals surface area contributed by atoms with Crippen LogP contribution in [0.3, 0.4) is 0 Å². The minimum Gasteiger partial charge on any atom is -0.392 e. The summed E-state index contributed by atoms with van der Waals surface area (Å²) >= 11 is 0. The minimum atomic E-state index is -0.926. The number of likely N-dealkylation sites (N-methyl/N-ethyl adjacent to an activating group) is 1. The molecule has 3 spiro atoms. The highest BCUT2D eigenvalue weighted by atomic mass is 16.7. The molecule has 30 heavy (non-hydrogen) atoms. The average molecular weight is 422 g/mol. The molecule has 2 aliphatic heterocycles. The Morgan fingerprint density at radius 3 is 2.73 bits per heavy atom. The van der Waals surface area contributed by atoms with Crippen molar-refractivity contribution in [3.8, 4) is 0 Å². The van der Waals surface area contributed by atoms with Crippen LogP contribution in [0, 0.1) is 34.5 Å². The number of likely N-dealkylation sites (tertiary alicyclic amines) is 1. The molecule has 7 nitrogen and oxygen atoms in total. The summed E-state index contributed by atoms with van der Waals surface area (Å²) in [5, 5.41) is 35.5. The Balaban J connectivity index is 1.57. The van der Waals surface area contributed by atoms with Crippen LogP contribution < -0.4 is 0 Å². The lowest BCUT2D eigenvalue weighted by Crippen LogP contribution is -2.80. The number of methoxy groups -OCH3 is 1. The molecular formula is C23H35NO6. The Bertz CT molecular complexity index is 796. The van der Waals surface area contributed by atoms with Crippen molar-refractivity contribution in [2.24, 2.45) is 34.5 Å². The van der Waals surface area contributed by atoms with Crippen LogP contribution in [0.5, 0.6) is 0 Å². The van der Waals surface area contributed by atoms with E-state index in [1.807, 2.05) is 0 Å². The summed E-state index contributed by atoms with van der Waals surface area (Å²) < 4.78 is 19.0. The van der Waals surface area contributed by atoms with Gasteiger partial charge >= 0.3 is 0 Å². The van der Waals surface area contributed by atoms with E-state index in [1.54, 1.807) is 7.11 Å². The molecule has 2 heterocycles. The fraction of sp³-hybridized carbons (Fsp3) is 1.00. The molecule has 3 N–H and O–H groups in total. The molecular weight excluding hydrogens is 386 g/mol. The Labute approximate surface area is 177 Å². The van der Waals surface area contributed by atoms with Crippen molar-refractivity contribution < 1.29 is 29.5 Å². The Kier molecular flexibility index (Phi) is 3.48. The molecule has 0 aromatic heterocycles. The first-order chi connectivity index (χ1) is 14.3. The Morgan fingerprint density at radius 2 is 2.00 bits per heavy atom. The van der Waals surface area contributed by atoms with Gasteiger partial charge in [-0.2, -0.15) is 0 Å². The maximum atomic E-state index is 12.2.